The third-order valence-corrected chi connectivity index (χ3v) is 2.03. The van der Waals surface area contributed by atoms with Crippen molar-refractivity contribution in [3.05, 3.63) is 34.3 Å². The summed E-state index contributed by atoms with van der Waals surface area (Å²) in [5.41, 5.74) is 5.23. The van der Waals surface area contributed by atoms with Gasteiger partial charge in [0.25, 0.3) is 0 Å². The van der Waals surface area contributed by atoms with E-state index in [1.165, 1.54) is 12.1 Å². The van der Waals surface area contributed by atoms with Crippen molar-refractivity contribution in [2.75, 3.05) is 0 Å². The van der Waals surface area contributed by atoms with Crippen LogP contribution in [0.25, 0.3) is 6.08 Å². The number of amides is 1. The quantitative estimate of drug-likeness (QED) is 0.873. The van der Waals surface area contributed by atoms with Gasteiger partial charge in [0, 0.05) is 10.5 Å². The monoisotopic (exact) mass is 309 g/mol. The standard InChI is InChI=1S/C10H7BrF3NO2/c11-7-3-6(1-2-9(15)16)4-8(5-7)17-10(12,13)14/h1-5H,(H2,15,16). The maximum atomic E-state index is 12.0. The van der Waals surface area contributed by atoms with Crippen LogP contribution in [0.4, 0.5) is 13.2 Å². The van der Waals surface area contributed by atoms with E-state index in [1.54, 1.807) is 0 Å². The second-order valence-corrected chi connectivity index (χ2v) is 3.92. The smallest absolute Gasteiger partial charge is 0.406 e. The van der Waals surface area contributed by atoms with Gasteiger partial charge in [-0.1, -0.05) is 15.9 Å². The van der Waals surface area contributed by atoms with Gasteiger partial charge >= 0.3 is 6.36 Å². The van der Waals surface area contributed by atoms with Crippen molar-refractivity contribution < 1.29 is 22.7 Å². The molecule has 0 radical (unpaired) electrons. The Bertz CT molecular complexity index is 457. The molecule has 1 rings (SSSR count). The molecule has 1 aromatic rings. The molecule has 0 bridgehead atoms. The van der Waals surface area contributed by atoms with E-state index in [0.717, 1.165) is 18.2 Å². The number of hydrogen-bond acceptors (Lipinski definition) is 2. The van der Waals surface area contributed by atoms with E-state index in [1.807, 2.05) is 0 Å². The van der Waals surface area contributed by atoms with Crippen LogP contribution in [0.15, 0.2) is 28.7 Å². The molecule has 17 heavy (non-hydrogen) atoms. The maximum Gasteiger partial charge on any atom is 0.573 e. The topological polar surface area (TPSA) is 52.3 Å². The Morgan fingerprint density at radius 3 is 2.53 bits per heavy atom. The summed E-state index contributed by atoms with van der Waals surface area (Å²) in [6.45, 7) is 0. The summed E-state index contributed by atoms with van der Waals surface area (Å²) in [6.07, 6.45) is -2.43. The molecule has 0 fully saturated rings. The normalized spacial score (nSPS) is 11.8. The van der Waals surface area contributed by atoms with Crippen LogP contribution in [0.2, 0.25) is 0 Å². The van der Waals surface area contributed by atoms with Crippen LogP contribution in [0.1, 0.15) is 5.56 Å². The lowest BCUT2D eigenvalue weighted by Gasteiger charge is -2.09. The van der Waals surface area contributed by atoms with Gasteiger partial charge in [-0.15, -0.1) is 13.2 Å². The third kappa shape index (κ3) is 5.39. The number of ether oxygens (including phenoxy) is 1. The van der Waals surface area contributed by atoms with Gasteiger partial charge in [-0.25, -0.2) is 0 Å². The van der Waals surface area contributed by atoms with Crippen LogP contribution in [0, 0.1) is 0 Å². The second-order valence-electron chi connectivity index (χ2n) is 3.00. The van der Waals surface area contributed by atoms with Gasteiger partial charge < -0.3 is 10.5 Å². The number of rotatable bonds is 3. The van der Waals surface area contributed by atoms with Crippen molar-refractivity contribution in [2.24, 2.45) is 5.73 Å². The van der Waals surface area contributed by atoms with Gasteiger partial charge in [0.2, 0.25) is 5.91 Å². The fourth-order valence-corrected chi connectivity index (χ4v) is 1.54. The van der Waals surface area contributed by atoms with E-state index in [0.29, 0.717) is 10.0 Å². The summed E-state index contributed by atoms with van der Waals surface area (Å²) >= 11 is 3.03. The van der Waals surface area contributed by atoms with E-state index in [4.69, 9.17) is 5.73 Å². The fraction of sp³-hybridized carbons (Fsp3) is 0.100. The molecule has 7 heteroatoms. The molecule has 0 atom stereocenters. The van der Waals surface area contributed by atoms with Gasteiger partial charge in [0.1, 0.15) is 5.75 Å². The Morgan fingerprint density at radius 2 is 2.00 bits per heavy atom. The largest absolute Gasteiger partial charge is 0.573 e. The van der Waals surface area contributed by atoms with Crippen LogP contribution in [-0.4, -0.2) is 12.3 Å². The van der Waals surface area contributed by atoms with Crippen molar-refractivity contribution >= 4 is 27.9 Å². The Hall–Kier alpha value is -1.50. The summed E-state index contributed by atoms with van der Waals surface area (Å²) in [5, 5.41) is 0. The molecule has 92 valence electrons. The molecule has 3 nitrogen and oxygen atoms in total. The highest BCUT2D eigenvalue weighted by Gasteiger charge is 2.31. The van der Waals surface area contributed by atoms with Crippen LogP contribution < -0.4 is 10.5 Å². The van der Waals surface area contributed by atoms with Gasteiger partial charge in [0.15, 0.2) is 0 Å². The SMILES string of the molecule is NC(=O)C=Cc1cc(Br)cc(OC(F)(F)F)c1. The van der Waals surface area contributed by atoms with Crippen molar-refractivity contribution in [2.45, 2.75) is 6.36 Å². The first-order chi connectivity index (χ1) is 7.76. The zero-order valence-electron chi connectivity index (χ0n) is 8.29. The van der Waals surface area contributed by atoms with Crippen LogP contribution in [0.5, 0.6) is 5.75 Å². The zero-order chi connectivity index (χ0) is 13.1. The molecule has 0 unspecified atom stereocenters. The van der Waals surface area contributed by atoms with Crippen molar-refractivity contribution in [1.29, 1.82) is 0 Å². The van der Waals surface area contributed by atoms with Crippen LogP contribution in [0.3, 0.4) is 0 Å². The first kappa shape index (κ1) is 13.6. The van der Waals surface area contributed by atoms with Crippen LogP contribution >= 0.6 is 15.9 Å². The Kier molecular flexibility index (Phi) is 4.17. The first-order valence-corrected chi connectivity index (χ1v) is 5.09. The van der Waals surface area contributed by atoms with E-state index in [-0.39, 0.29) is 5.75 Å². The van der Waals surface area contributed by atoms with E-state index in [9.17, 15) is 18.0 Å². The molecule has 2 N–H and O–H groups in total. The maximum absolute atomic E-state index is 12.0. The molecular weight excluding hydrogens is 303 g/mol. The molecule has 1 amide bonds. The van der Waals surface area contributed by atoms with Crippen molar-refractivity contribution in [3.8, 4) is 5.75 Å². The predicted octanol–water partition coefficient (Wildman–Crippen LogP) is 2.85. The third-order valence-electron chi connectivity index (χ3n) is 1.57. The summed E-state index contributed by atoms with van der Waals surface area (Å²) in [4.78, 5) is 10.5. The van der Waals surface area contributed by atoms with E-state index >= 15 is 0 Å². The van der Waals surface area contributed by atoms with Crippen LogP contribution in [-0.2, 0) is 4.79 Å². The van der Waals surface area contributed by atoms with Gasteiger partial charge in [0.05, 0.1) is 0 Å². The average Bonchev–Trinajstić information content (AvgIpc) is 2.10. The highest BCUT2D eigenvalue weighted by Crippen LogP contribution is 2.27. The molecule has 0 aromatic heterocycles. The number of hydrogen-bond donors (Lipinski definition) is 1. The predicted molar refractivity (Wildman–Crippen MR) is 59.1 cm³/mol. The number of benzene rings is 1. The second kappa shape index (κ2) is 5.22. The zero-order valence-corrected chi connectivity index (χ0v) is 9.88. The molecular formula is C10H7BrF3NO2. The molecule has 0 spiro atoms. The minimum atomic E-state index is -4.76. The Labute approximate surface area is 103 Å². The fourth-order valence-electron chi connectivity index (χ4n) is 1.05. The number of nitrogens with two attached hydrogens (primary N) is 1. The van der Waals surface area contributed by atoms with Gasteiger partial charge in [-0.2, -0.15) is 0 Å². The van der Waals surface area contributed by atoms with Gasteiger partial charge in [-0.3, -0.25) is 4.79 Å². The Balaban J connectivity index is 2.98. The molecule has 0 saturated carbocycles. The summed E-state index contributed by atoms with van der Waals surface area (Å²) < 4.78 is 40.1. The molecule has 0 aliphatic rings. The summed E-state index contributed by atoms with van der Waals surface area (Å²) in [7, 11) is 0. The van der Waals surface area contributed by atoms with Crippen molar-refractivity contribution in [3.63, 3.8) is 0 Å². The molecule has 1 aromatic carbocycles. The lowest BCUT2D eigenvalue weighted by Crippen LogP contribution is -2.17. The number of alkyl halides is 3. The minimum absolute atomic E-state index is 0.359. The molecule has 0 saturated heterocycles. The number of primary amides is 1. The van der Waals surface area contributed by atoms with Crippen molar-refractivity contribution in [1.82, 2.24) is 0 Å². The average molecular weight is 310 g/mol. The highest BCUT2D eigenvalue weighted by molar-refractivity contribution is 9.10. The Morgan fingerprint density at radius 1 is 1.35 bits per heavy atom. The minimum Gasteiger partial charge on any atom is -0.406 e. The molecule has 0 aliphatic heterocycles. The summed E-state index contributed by atoms with van der Waals surface area (Å²) in [5.74, 6) is -1.07. The number of halogens is 4. The highest BCUT2D eigenvalue weighted by atomic mass is 79.9. The lowest BCUT2D eigenvalue weighted by molar-refractivity contribution is -0.274. The number of carbonyl (C=O) groups excluding carboxylic acids is 1. The summed E-state index contributed by atoms with van der Waals surface area (Å²) in [6, 6.07) is 3.81. The molecule has 0 heterocycles. The first-order valence-electron chi connectivity index (χ1n) is 4.30. The van der Waals surface area contributed by atoms with E-state index in [2.05, 4.69) is 20.7 Å². The van der Waals surface area contributed by atoms with Gasteiger partial charge in [-0.05, 0) is 29.8 Å². The lowest BCUT2D eigenvalue weighted by atomic mass is 10.2. The van der Waals surface area contributed by atoms with E-state index < -0.39 is 12.3 Å². The molecule has 0 aliphatic carbocycles. The number of carbonyl (C=O) groups is 1.